The van der Waals surface area contributed by atoms with Crippen LogP contribution in [0.1, 0.15) is 18.1 Å². The quantitative estimate of drug-likeness (QED) is 0.855. The molecule has 0 aliphatic rings. The summed E-state index contributed by atoms with van der Waals surface area (Å²) in [5.41, 5.74) is 3.13. The fourth-order valence-corrected chi connectivity index (χ4v) is 2.27. The van der Waals surface area contributed by atoms with Gasteiger partial charge in [0.05, 0.1) is 7.11 Å². The monoisotopic (exact) mass is 298 g/mol. The standard InChI is InChI=1S/C18H22N2O2/c1-3-15-8-4-5-10-17(15)20-18(21)19-12-11-14-7-6-9-16(13-14)22-2/h4-10,13H,3,11-12H2,1-2H3,(H2,19,20,21). The molecule has 0 bridgehead atoms. The van der Waals surface area contributed by atoms with Crippen molar-refractivity contribution in [3.05, 3.63) is 59.7 Å². The van der Waals surface area contributed by atoms with Gasteiger partial charge in [-0.1, -0.05) is 37.3 Å². The molecule has 2 N–H and O–H groups in total. The zero-order chi connectivity index (χ0) is 15.8. The predicted octanol–water partition coefficient (Wildman–Crippen LogP) is 3.62. The van der Waals surface area contributed by atoms with Crippen molar-refractivity contribution in [3.8, 4) is 5.75 Å². The lowest BCUT2D eigenvalue weighted by molar-refractivity contribution is 0.252. The molecule has 0 aliphatic carbocycles. The minimum atomic E-state index is -0.177. The van der Waals surface area contributed by atoms with Gasteiger partial charge in [-0.25, -0.2) is 4.79 Å². The SMILES string of the molecule is CCc1ccccc1NC(=O)NCCc1cccc(OC)c1. The van der Waals surface area contributed by atoms with E-state index in [1.807, 2.05) is 48.5 Å². The number of methoxy groups -OCH3 is 1. The third-order valence-electron chi connectivity index (χ3n) is 3.48. The van der Waals surface area contributed by atoms with Gasteiger partial charge in [-0.3, -0.25) is 0 Å². The van der Waals surface area contributed by atoms with Crippen molar-refractivity contribution in [2.24, 2.45) is 0 Å². The molecular weight excluding hydrogens is 276 g/mol. The van der Waals surface area contributed by atoms with E-state index in [0.717, 1.165) is 35.4 Å². The van der Waals surface area contributed by atoms with Gasteiger partial charge in [0.25, 0.3) is 0 Å². The Morgan fingerprint density at radius 2 is 1.95 bits per heavy atom. The first kappa shape index (κ1) is 15.9. The number of carbonyl (C=O) groups excluding carboxylic acids is 1. The number of aryl methyl sites for hydroxylation is 1. The number of ether oxygens (including phenoxy) is 1. The van der Waals surface area contributed by atoms with Crippen LogP contribution in [0.4, 0.5) is 10.5 Å². The smallest absolute Gasteiger partial charge is 0.319 e. The highest BCUT2D eigenvalue weighted by molar-refractivity contribution is 5.90. The van der Waals surface area contributed by atoms with Crippen molar-refractivity contribution in [1.82, 2.24) is 5.32 Å². The number of rotatable bonds is 6. The summed E-state index contributed by atoms with van der Waals surface area (Å²) >= 11 is 0. The number of para-hydroxylation sites is 1. The molecular formula is C18H22N2O2. The second-order valence-electron chi connectivity index (χ2n) is 4.99. The van der Waals surface area contributed by atoms with Gasteiger partial charge in [0.1, 0.15) is 5.75 Å². The molecule has 0 unspecified atom stereocenters. The van der Waals surface area contributed by atoms with E-state index >= 15 is 0 Å². The minimum Gasteiger partial charge on any atom is -0.497 e. The number of benzene rings is 2. The van der Waals surface area contributed by atoms with Crippen LogP contribution in [0, 0.1) is 0 Å². The molecule has 0 spiro atoms. The molecule has 0 saturated carbocycles. The molecule has 116 valence electrons. The summed E-state index contributed by atoms with van der Waals surface area (Å²) < 4.78 is 5.19. The zero-order valence-electron chi connectivity index (χ0n) is 13.1. The highest BCUT2D eigenvalue weighted by Crippen LogP contribution is 2.15. The van der Waals surface area contributed by atoms with Crippen molar-refractivity contribution in [2.75, 3.05) is 19.0 Å². The Balaban J connectivity index is 1.82. The number of nitrogens with one attached hydrogen (secondary N) is 2. The first-order valence-corrected chi connectivity index (χ1v) is 7.48. The summed E-state index contributed by atoms with van der Waals surface area (Å²) in [6.07, 6.45) is 1.65. The average molecular weight is 298 g/mol. The maximum absolute atomic E-state index is 11.9. The molecule has 0 fully saturated rings. The second-order valence-corrected chi connectivity index (χ2v) is 4.99. The van der Waals surface area contributed by atoms with E-state index in [1.54, 1.807) is 7.11 Å². The molecule has 0 aromatic heterocycles. The van der Waals surface area contributed by atoms with Gasteiger partial charge < -0.3 is 15.4 Å². The summed E-state index contributed by atoms with van der Waals surface area (Å²) in [4.78, 5) is 11.9. The zero-order valence-corrected chi connectivity index (χ0v) is 13.1. The van der Waals surface area contributed by atoms with Gasteiger partial charge in [-0.05, 0) is 42.2 Å². The van der Waals surface area contributed by atoms with E-state index in [-0.39, 0.29) is 6.03 Å². The lowest BCUT2D eigenvalue weighted by atomic mass is 10.1. The summed E-state index contributed by atoms with van der Waals surface area (Å²) in [6.45, 7) is 2.65. The number of hydrogen-bond donors (Lipinski definition) is 2. The van der Waals surface area contributed by atoms with Crippen LogP contribution < -0.4 is 15.4 Å². The van der Waals surface area contributed by atoms with Crippen LogP contribution in [-0.2, 0) is 12.8 Å². The van der Waals surface area contributed by atoms with Crippen LogP contribution in [0.25, 0.3) is 0 Å². The van der Waals surface area contributed by atoms with Gasteiger partial charge in [0, 0.05) is 12.2 Å². The molecule has 0 aliphatic heterocycles. The number of urea groups is 1. The summed E-state index contributed by atoms with van der Waals surface area (Å²) in [7, 11) is 1.65. The fourth-order valence-electron chi connectivity index (χ4n) is 2.27. The minimum absolute atomic E-state index is 0.177. The largest absolute Gasteiger partial charge is 0.497 e. The summed E-state index contributed by atoms with van der Waals surface area (Å²) in [6, 6.07) is 15.5. The molecule has 0 radical (unpaired) electrons. The van der Waals surface area contributed by atoms with E-state index in [9.17, 15) is 4.79 Å². The molecule has 2 rings (SSSR count). The van der Waals surface area contributed by atoms with Gasteiger partial charge in [0.15, 0.2) is 0 Å². The Hall–Kier alpha value is -2.49. The Bertz CT molecular complexity index is 626. The molecule has 0 saturated heterocycles. The van der Waals surface area contributed by atoms with Crippen LogP contribution in [-0.4, -0.2) is 19.7 Å². The lowest BCUT2D eigenvalue weighted by Gasteiger charge is -2.11. The van der Waals surface area contributed by atoms with Gasteiger partial charge in [-0.2, -0.15) is 0 Å². The van der Waals surface area contributed by atoms with Crippen molar-refractivity contribution in [2.45, 2.75) is 19.8 Å². The maximum Gasteiger partial charge on any atom is 0.319 e. The maximum atomic E-state index is 11.9. The predicted molar refractivity (Wildman–Crippen MR) is 89.5 cm³/mol. The van der Waals surface area contributed by atoms with Crippen molar-refractivity contribution in [1.29, 1.82) is 0 Å². The van der Waals surface area contributed by atoms with Gasteiger partial charge >= 0.3 is 6.03 Å². The van der Waals surface area contributed by atoms with Gasteiger partial charge in [-0.15, -0.1) is 0 Å². The van der Waals surface area contributed by atoms with E-state index < -0.39 is 0 Å². The second kappa shape index (κ2) is 8.08. The van der Waals surface area contributed by atoms with E-state index in [1.165, 1.54) is 0 Å². The molecule has 4 heteroatoms. The first-order valence-electron chi connectivity index (χ1n) is 7.48. The third kappa shape index (κ3) is 4.52. The number of carbonyl (C=O) groups is 1. The number of hydrogen-bond acceptors (Lipinski definition) is 2. The molecule has 2 aromatic carbocycles. The molecule has 4 nitrogen and oxygen atoms in total. The van der Waals surface area contributed by atoms with E-state index in [4.69, 9.17) is 4.74 Å². The highest BCUT2D eigenvalue weighted by atomic mass is 16.5. The van der Waals surface area contributed by atoms with E-state index in [2.05, 4.69) is 17.6 Å². The van der Waals surface area contributed by atoms with Crippen molar-refractivity contribution in [3.63, 3.8) is 0 Å². The normalized spacial score (nSPS) is 10.1. The Morgan fingerprint density at radius 3 is 2.73 bits per heavy atom. The van der Waals surface area contributed by atoms with E-state index in [0.29, 0.717) is 6.54 Å². The summed E-state index contributed by atoms with van der Waals surface area (Å²) in [5.74, 6) is 0.832. The van der Waals surface area contributed by atoms with Crippen LogP contribution in [0.5, 0.6) is 5.75 Å². The number of amides is 2. The average Bonchev–Trinajstić information content (AvgIpc) is 2.55. The van der Waals surface area contributed by atoms with Crippen LogP contribution in [0.3, 0.4) is 0 Å². The van der Waals surface area contributed by atoms with Crippen LogP contribution in [0.2, 0.25) is 0 Å². The van der Waals surface area contributed by atoms with Gasteiger partial charge in [0.2, 0.25) is 0 Å². The van der Waals surface area contributed by atoms with Crippen molar-refractivity contribution < 1.29 is 9.53 Å². The Labute approximate surface area is 131 Å². The van der Waals surface area contributed by atoms with Crippen molar-refractivity contribution >= 4 is 11.7 Å². The summed E-state index contributed by atoms with van der Waals surface area (Å²) in [5, 5.41) is 5.77. The lowest BCUT2D eigenvalue weighted by Crippen LogP contribution is -2.30. The molecule has 2 amide bonds. The Kier molecular flexibility index (Phi) is 5.83. The fraction of sp³-hybridized carbons (Fsp3) is 0.278. The third-order valence-corrected chi connectivity index (χ3v) is 3.48. The molecule has 22 heavy (non-hydrogen) atoms. The first-order chi connectivity index (χ1) is 10.7. The topological polar surface area (TPSA) is 50.4 Å². The molecule has 0 heterocycles. The Morgan fingerprint density at radius 1 is 1.14 bits per heavy atom. The molecule has 2 aromatic rings. The number of anilines is 1. The van der Waals surface area contributed by atoms with Crippen LogP contribution in [0.15, 0.2) is 48.5 Å². The molecule has 0 atom stereocenters. The highest BCUT2D eigenvalue weighted by Gasteiger charge is 2.04. The van der Waals surface area contributed by atoms with Crippen LogP contribution >= 0.6 is 0 Å².